The predicted molar refractivity (Wildman–Crippen MR) is 192 cm³/mol. The van der Waals surface area contributed by atoms with Gasteiger partial charge in [-0.05, 0) is 62.4 Å². The Bertz CT molecular complexity index is 2330. The van der Waals surface area contributed by atoms with Crippen LogP contribution in [-0.2, 0) is 0 Å². The molecule has 0 saturated carbocycles. The van der Waals surface area contributed by atoms with Crippen molar-refractivity contribution in [1.82, 2.24) is 9.97 Å². The van der Waals surface area contributed by atoms with E-state index in [1.807, 2.05) is 30.3 Å². The van der Waals surface area contributed by atoms with Gasteiger partial charge in [-0.1, -0.05) is 158 Å². The standard InChI is InChI=1S/C44H29FN2/c45-37-15-9-14-36(28-37)32-18-22-33(23-19-32)38-26-27-41(40-17-8-7-16-39(38)40)43-29-42(46-44(47-43)35-12-5-2-6-13-35)34-24-20-31(21-25-34)30-10-3-1-4-11-30/h1-29H. The zero-order chi connectivity index (χ0) is 31.6. The van der Waals surface area contributed by atoms with Crippen LogP contribution in [0.15, 0.2) is 176 Å². The number of hydrogen-bond donors (Lipinski definition) is 0. The number of hydrogen-bond acceptors (Lipinski definition) is 2. The Kier molecular flexibility index (Phi) is 7.41. The van der Waals surface area contributed by atoms with Gasteiger partial charge in [-0.15, -0.1) is 0 Å². The van der Waals surface area contributed by atoms with Crippen LogP contribution in [0.1, 0.15) is 0 Å². The predicted octanol–water partition coefficient (Wildman–Crippen LogP) is 11.8. The van der Waals surface area contributed by atoms with Gasteiger partial charge in [-0.25, -0.2) is 14.4 Å². The molecule has 0 spiro atoms. The molecule has 2 nitrogen and oxygen atoms in total. The third-order valence-electron chi connectivity index (χ3n) is 8.60. The molecule has 0 fully saturated rings. The quantitative estimate of drug-likeness (QED) is 0.189. The summed E-state index contributed by atoms with van der Waals surface area (Å²) in [4.78, 5) is 10.2. The molecule has 0 bridgehead atoms. The number of fused-ring (bicyclic) bond motifs is 1. The molecule has 0 N–H and O–H groups in total. The number of halogens is 1. The van der Waals surface area contributed by atoms with Gasteiger partial charge in [0.05, 0.1) is 11.4 Å². The molecule has 0 saturated heterocycles. The molecule has 7 aromatic carbocycles. The molecule has 222 valence electrons. The smallest absolute Gasteiger partial charge is 0.160 e. The van der Waals surface area contributed by atoms with Crippen molar-refractivity contribution in [2.75, 3.05) is 0 Å². The number of aromatic nitrogens is 2. The van der Waals surface area contributed by atoms with E-state index in [0.29, 0.717) is 5.82 Å². The van der Waals surface area contributed by atoms with Crippen molar-refractivity contribution in [2.24, 2.45) is 0 Å². The highest BCUT2D eigenvalue weighted by Gasteiger charge is 2.15. The third kappa shape index (κ3) is 5.71. The maximum absolute atomic E-state index is 13.9. The lowest BCUT2D eigenvalue weighted by molar-refractivity contribution is 0.628. The summed E-state index contributed by atoms with van der Waals surface area (Å²) in [6, 6.07) is 59.1. The molecule has 0 unspecified atom stereocenters. The summed E-state index contributed by atoms with van der Waals surface area (Å²) in [7, 11) is 0. The second-order valence-corrected chi connectivity index (χ2v) is 11.6. The Hall–Kier alpha value is -6.19. The minimum absolute atomic E-state index is 0.236. The fourth-order valence-electron chi connectivity index (χ4n) is 6.20. The summed E-state index contributed by atoms with van der Waals surface area (Å²) >= 11 is 0. The van der Waals surface area contributed by atoms with E-state index >= 15 is 0 Å². The van der Waals surface area contributed by atoms with Gasteiger partial charge in [-0.3, -0.25) is 0 Å². The Morgan fingerprint density at radius 2 is 0.809 bits per heavy atom. The summed E-state index contributed by atoms with van der Waals surface area (Å²) in [6.07, 6.45) is 0. The second-order valence-electron chi connectivity index (χ2n) is 11.6. The van der Waals surface area contributed by atoms with E-state index in [1.54, 1.807) is 12.1 Å². The van der Waals surface area contributed by atoms with Gasteiger partial charge >= 0.3 is 0 Å². The number of benzene rings is 7. The molecule has 0 aliphatic carbocycles. The molecule has 8 rings (SSSR count). The van der Waals surface area contributed by atoms with Crippen LogP contribution in [0, 0.1) is 5.82 Å². The topological polar surface area (TPSA) is 25.8 Å². The van der Waals surface area contributed by atoms with Crippen molar-refractivity contribution in [3.05, 3.63) is 182 Å². The molecule has 0 aliphatic rings. The normalized spacial score (nSPS) is 11.1. The molecule has 1 heterocycles. The van der Waals surface area contributed by atoms with E-state index in [1.165, 1.54) is 11.6 Å². The average Bonchev–Trinajstić information content (AvgIpc) is 3.15. The Morgan fingerprint density at radius 3 is 1.49 bits per heavy atom. The van der Waals surface area contributed by atoms with Crippen molar-refractivity contribution in [3.8, 4) is 67.3 Å². The third-order valence-corrected chi connectivity index (χ3v) is 8.60. The first-order valence-corrected chi connectivity index (χ1v) is 15.7. The van der Waals surface area contributed by atoms with E-state index in [2.05, 4.69) is 127 Å². The summed E-state index contributed by atoms with van der Waals surface area (Å²) < 4.78 is 13.9. The van der Waals surface area contributed by atoms with Crippen molar-refractivity contribution >= 4 is 10.8 Å². The SMILES string of the molecule is Fc1cccc(-c2ccc(-c3ccc(-c4cc(-c5ccc(-c6ccccc6)cc5)nc(-c5ccccc5)n4)c4ccccc34)cc2)c1. The fourth-order valence-corrected chi connectivity index (χ4v) is 6.20. The lowest BCUT2D eigenvalue weighted by Crippen LogP contribution is -1.96. The molecule has 8 aromatic rings. The molecule has 0 amide bonds. The first-order valence-electron chi connectivity index (χ1n) is 15.7. The van der Waals surface area contributed by atoms with Crippen molar-refractivity contribution in [3.63, 3.8) is 0 Å². The highest BCUT2D eigenvalue weighted by Crippen LogP contribution is 2.37. The number of nitrogens with zero attached hydrogens (tertiary/aromatic N) is 2. The maximum atomic E-state index is 13.9. The summed E-state index contributed by atoms with van der Waals surface area (Å²) in [6.45, 7) is 0. The fraction of sp³-hybridized carbons (Fsp3) is 0. The maximum Gasteiger partial charge on any atom is 0.160 e. The molecular formula is C44H29FN2. The Morgan fingerprint density at radius 1 is 0.319 bits per heavy atom. The lowest BCUT2D eigenvalue weighted by Gasteiger charge is -2.14. The van der Waals surface area contributed by atoms with Gasteiger partial charge in [0.25, 0.3) is 0 Å². The van der Waals surface area contributed by atoms with E-state index in [9.17, 15) is 4.39 Å². The van der Waals surface area contributed by atoms with Gasteiger partial charge in [0.2, 0.25) is 0 Å². The van der Waals surface area contributed by atoms with Crippen molar-refractivity contribution < 1.29 is 4.39 Å². The van der Waals surface area contributed by atoms with Gasteiger partial charge < -0.3 is 0 Å². The summed E-state index contributed by atoms with van der Waals surface area (Å²) in [5, 5.41) is 2.25. The highest BCUT2D eigenvalue weighted by atomic mass is 19.1. The second kappa shape index (κ2) is 12.3. The van der Waals surface area contributed by atoms with Crippen LogP contribution in [0.2, 0.25) is 0 Å². The summed E-state index contributed by atoms with van der Waals surface area (Å²) in [5.74, 6) is 0.451. The lowest BCUT2D eigenvalue weighted by atomic mass is 9.92. The zero-order valence-electron chi connectivity index (χ0n) is 25.5. The van der Waals surface area contributed by atoms with E-state index in [0.717, 1.165) is 66.7 Å². The van der Waals surface area contributed by atoms with E-state index in [4.69, 9.17) is 9.97 Å². The highest BCUT2D eigenvalue weighted by molar-refractivity contribution is 6.05. The summed E-state index contributed by atoms with van der Waals surface area (Å²) in [5.41, 5.74) is 11.2. The van der Waals surface area contributed by atoms with Crippen LogP contribution < -0.4 is 0 Å². The van der Waals surface area contributed by atoms with Crippen molar-refractivity contribution in [2.45, 2.75) is 0 Å². The van der Waals surface area contributed by atoms with Crippen LogP contribution >= 0.6 is 0 Å². The molecule has 3 heteroatoms. The molecule has 47 heavy (non-hydrogen) atoms. The molecule has 0 aliphatic heterocycles. The first kappa shape index (κ1) is 28.3. The van der Waals surface area contributed by atoms with Gasteiger partial charge in [0.1, 0.15) is 5.82 Å². The Balaban J connectivity index is 1.23. The number of rotatable bonds is 6. The average molecular weight is 605 g/mol. The largest absolute Gasteiger partial charge is 0.228 e. The minimum atomic E-state index is -0.236. The minimum Gasteiger partial charge on any atom is -0.228 e. The van der Waals surface area contributed by atoms with Crippen LogP contribution in [-0.4, -0.2) is 9.97 Å². The Labute approximate surface area is 273 Å². The van der Waals surface area contributed by atoms with Crippen molar-refractivity contribution in [1.29, 1.82) is 0 Å². The monoisotopic (exact) mass is 604 g/mol. The zero-order valence-corrected chi connectivity index (χ0v) is 25.5. The van der Waals surface area contributed by atoms with Crippen LogP contribution in [0.25, 0.3) is 78.1 Å². The van der Waals surface area contributed by atoms with Gasteiger partial charge in [-0.2, -0.15) is 0 Å². The molecule has 0 atom stereocenters. The van der Waals surface area contributed by atoms with E-state index < -0.39 is 0 Å². The van der Waals surface area contributed by atoms with Gasteiger partial charge in [0, 0.05) is 16.7 Å². The van der Waals surface area contributed by atoms with E-state index in [-0.39, 0.29) is 5.82 Å². The molecular weight excluding hydrogens is 575 g/mol. The van der Waals surface area contributed by atoms with Crippen LogP contribution in [0.3, 0.4) is 0 Å². The molecule has 1 aromatic heterocycles. The molecule has 0 radical (unpaired) electrons. The van der Waals surface area contributed by atoms with Crippen LogP contribution in [0.4, 0.5) is 4.39 Å². The first-order chi connectivity index (χ1) is 23.2. The van der Waals surface area contributed by atoms with Crippen LogP contribution in [0.5, 0.6) is 0 Å². The van der Waals surface area contributed by atoms with Gasteiger partial charge in [0.15, 0.2) is 5.82 Å².